The number of H-pyrrole nitrogens is 1. The lowest BCUT2D eigenvalue weighted by Crippen LogP contribution is -2.13. The summed E-state index contributed by atoms with van der Waals surface area (Å²) >= 11 is 0. The highest BCUT2D eigenvalue weighted by atomic mass is 16.1. The summed E-state index contributed by atoms with van der Waals surface area (Å²) < 4.78 is 1.72. The molecule has 2 heterocycles. The highest BCUT2D eigenvalue weighted by molar-refractivity contribution is 5.91. The standard InChI is InChI=1S/C19H21N5O2/c1-3-15-10-18(26)23-19(22-15)14-5-4-6-16(9-14)21-17(25)8-7-13-11-20-24(2)12-13/h4-6,9-12H,3,7-8H2,1-2H3,(H,21,25)(H,22,23,26). The monoisotopic (exact) mass is 351 g/mol. The Morgan fingerprint density at radius 2 is 2.15 bits per heavy atom. The van der Waals surface area contributed by atoms with E-state index in [4.69, 9.17) is 0 Å². The van der Waals surface area contributed by atoms with Crippen LogP contribution < -0.4 is 10.9 Å². The third-order valence-electron chi connectivity index (χ3n) is 3.98. The van der Waals surface area contributed by atoms with Crippen molar-refractivity contribution in [3.63, 3.8) is 0 Å². The number of carbonyl (C=O) groups excluding carboxylic acids is 1. The molecule has 0 unspecified atom stereocenters. The van der Waals surface area contributed by atoms with Crippen molar-refractivity contribution in [1.29, 1.82) is 0 Å². The minimum atomic E-state index is -0.183. The molecular weight excluding hydrogens is 330 g/mol. The molecule has 1 amide bonds. The molecule has 0 saturated heterocycles. The van der Waals surface area contributed by atoms with Crippen LogP contribution in [0.4, 0.5) is 5.69 Å². The molecule has 0 radical (unpaired) electrons. The van der Waals surface area contributed by atoms with Gasteiger partial charge in [-0.1, -0.05) is 19.1 Å². The zero-order valence-electron chi connectivity index (χ0n) is 14.8. The summed E-state index contributed by atoms with van der Waals surface area (Å²) in [6.45, 7) is 1.95. The minimum Gasteiger partial charge on any atom is -0.326 e. The minimum absolute atomic E-state index is 0.0743. The number of anilines is 1. The normalized spacial score (nSPS) is 10.7. The molecule has 134 valence electrons. The molecule has 0 saturated carbocycles. The molecule has 2 N–H and O–H groups in total. The maximum Gasteiger partial charge on any atom is 0.251 e. The lowest BCUT2D eigenvalue weighted by atomic mass is 10.1. The molecule has 0 spiro atoms. The second kappa shape index (κ2) is 7.77. The Balaban J connectivity index is 1.70. The van der Waals surface area contributed by atoms with Crippen LogP contribution in [0.1, 0.15) is 24.6 Å². The number of aryl methyl sites for hydroxylation is 3. The van der Waals surface area contributed by atoms with Crippen LogP contribution in [0.3, 0.4) is 0 Å². The molecule has 0 bridgehead atoms. The van der Waals surface area contributed by atoms with E-state index in [9.17, 15) is 9.59 Å². The fourth-order valence-corrected chi connectivity index (χ4v) is 2.65. The van der Waals surface area contributed by atoms with Crippen LogP contribution >= 0.6 is 0 Å². The number of aromatic nitrogens is 4. The SMILES string of the molecule is CCc1cc(=O)[nH]c(-c2cccc(NC(=O)CCc3cnn(C)c3)c2)n1. The summed E-state index contributed by atoms with van der Waals surface area (Å²) in [5.74, 6) is 0.426. The Bertz CT molecular complexity index is 974. The van der Waals surface area contributed by atoms with Gasteiger partial charge in [-0.15, -0.1) is 0 Å². The number of hydrogen-bond acceptors (Lipinski definition) is 4. The van der Waals surface area contributed by atoms with E-state index in [2.05, 4.69) is 20.4 Å². The van der Waals surface area contributed by atoms with E-state index in [1.807, 2.05) is 38.4 Å². The van der Waals surface area contributed by atoms with E-state index in [1.165, 1.54) is 6.07 Å². The summed E-state index contributed by atoms with van der Waals surface area (Å²) in [5, 5.41) is 6.98. The van der Waals surface area contributed by atoms with Crippen molar-refractivity contribution >= 4 is 11.6 Å². The van der Waals surface area contributed by atoms with Gasteiger partial charge in [-0.2, -0.15) is 5.10 Å². The molecule has 0 aliphatic carbocycles. The molecule has 1 aromatic carbocycles. The van der Waals surface area contributed by atoms with Crippen LogP contribution in [0.15, 0.2) is 47.5 Å². The number of hydrogen-bond donors (Lipinski definition) is 2. The Labute approximate surface area is 151 Å². The van der Waals surface area contributed by atoms with Crippen LogP contribution in [-0.4, -0.2) is 25.7 Å². The number of benzene rings is 1. The number of nitrogens with one attached hydrogen (secondary N) is 2. The van der Waals surface area contributed by atoms with E-state index < -0.39 is 0 Å². The molecule has 0 atom stereocenters. The topological polar surface area (TPSA) is 92.7 Å². The predicted octanol–water partition coefficient (Wildman–Crippen LogP) is 2.30. The zero-order valence-corrected chi connectivity index (χ0v) is 14.8. The Hall–Kier alpha value is -3.22. The molecular formula is C19H21N5O2. The highest BCUT2D eigenvalue weighted by Crippen LogP contribution is 2.19. The first-order valence-electron chi connectivity index (χ1n) is 8.51. The average molecular weight is 351 g/mol. The largest absolute Gasteiger partial charge is 0.326 e. The van der Waals surface area contributed by atoms with Gasteiger partial charge < -0.3 is 10.3 Å². The Kier molecular flexibility index (Phi) is 5.26. The summed E-state index contributed by atoms with van der Waals surface area (Å²) in [4.78, 5) is 31.1. The van der Waals surface area contributed by atoms with Crippen molar-refractivity contribution in [1.82, 2.24) is 19.7 Å². The Morgan fingerprint density at radius 1 is 1.31 bits per heavy atom. The molecule has 26 heavy (non-hydrogen) atoms. The fraction of sp³-hybridized carbons (Fsp3) is 0.263. The van der Waals surface area contributed by atoms with E-state index in [-0.39, 0.29) is 11.5 Å². The number of amides is 1. The first-order chi connectivity index (χ1) is 12.5. The quantitative estimate of drug-likeness (QED) is 0.713. The maximum absolute atomic E-state index is 12.2. The molecule has 7 nitrogen and oxygen atoms in total. The van der Waals surface area contributed by atoms with Crippen LogP contribution in [0.2, 0.25) is 0 Å². The second-order valence-electron chi connectivity index (χ2n) is 6.09. The maximum atomic E-state index is 12.2. The van der Waals surface area contributed by atoms with Crippen molar-refractivity contribution in [2.24, 2.45) is 7.05 Å². The molecule has 0 fully saturated rings. The first kappa shape index (κ1) is 17.6. The number of carbonyl (C=O) groups is 1. The van der Waals surface area contributed by atoms with Crippen molar-refractivity contribution in [2.75, 3.05) is 5.32 Å². The van der Waals surface area contributed by atoms with Gasteiger partial charge in [0, 0.05) is 42.7 Å². The van der Waals surface area contributed by atoms with E-state index in [0.29, 0.717) is 30.8 Å². The average Bonchev–Trinajstić information content (AvgIpc) is 3.05. The van der Waals surface area contributed by atoms with Gasteiger partial charge in [-0.25, -0.2) is 4.98 Å². The van der Waals surface area contributed by atoms with Crippen LogP contribution in [0.25, 0.3) is 11.4 Å². The Morgan fingerprint density at radius 3 is 2.88 bits per heavy atom. The van der Waals surface area contributed by atoms with Gasteiger partial charge in [-0.05, 0) is 30.5 Å². The highest BCUT2D eigenvalue weighted by Gasteiger charge is 2.07. The van der Waals surface area contributed by atoms with Gasteiger partial charge in [0.15, 0.2) is 0 Å². The summed E-state index contributed by atoms with van der Waals surface area (Å²) in [6.07, 6.45) is 5.35. The van der Waals surface area contributed by atoms with Gasteiger partial charge in [0.2, 0.25) is 5.91 Å². The lowest BCUT2D eigenvalue weighted by molar-refractivity contribution is -0.116. The van der Waals surface area contributed by atoms with Crippen LogP contribution in [0.5, 0.6) is 0 Å². The molecule has 0 aliphatic heterocycles. The summed E-state index contributed by atoms with van der Waals surface area (Å²) in [5.41, 5.74) is 2.99. The van der Waals surface area contributed by atoms with Crippen LogP contribution in [-0.2, 0) is 24.7 Å². The van der Waals surface area contributed by atoms with Crippen molar-refractivity contribution in [3.8, 4) is 11.4 Å². The van der Waals surface area contributed by atoms with Gasteiger partial charge in [0.1, 0.15) is 5.82 Å². The predicted molar refractivity (Wildman–Crippen MR) is 99.8 cm³/mol. The molecule has 7 heteroatoms. The molecule has 3 aromatic rings. The first-order valence-corrected chi connectivity index (χ1v) is 8.51. The fourth-order valence-electron chi connectivity index (χ4n) is 2.65. The third-order valence-corrected chi connectivity index (χ3v) is 3.98. The van der Waals surface area contributed by atoms with Gasteiger partial charge in [-0.3, -0.25) is 14.3 Å². The second-order valence-corrected chi connectivity index (χ2v) is 6.09. The molecule has 3 rings (SSSR count). The van der Waals surface area contributed by atoms with Crippen LogP contribution in [0, 0.1) is 0 Å². The third kappa shape index (κ3) is 4.44. The van der Waals surface area contributed by atoms with E-state index >= 15 is 0 Å². The smallest absolute Gasteiger partial charge is 0.251 e. The van der Waals surface area contributed by atoms with Crippen molar-refractivity contribution in [3.05, 3.63) is 64.3 Å². The summed E-state index contributed by atoms with van der Waals surface area (Å²) in [6, 6.07) is 8.79. The van der Waals surface area contributed by atoms with Gasteiger partial charge in [0.25, 0.3) is 5.56 Å². The van der Waals surface area contributed by atoms with E-state index in [0.717, 1.165) is 16.8 Å². The molecule has 2 aromatic heterocycles. The van der Waals surface area contributed by atoms with Crippen molar-refractivity contribution < 1.29 is 4.79 Å². The zero-order chi connectivity index (χ0) is 18.5. The summed E-state index contributed by atoms with van der Waals surface area (Å²) in [7, 11) is 1.85. The van der Waals surface area contributed by atoms with Gasteiger partial charge in [0.05, 0.1) is 6.20 Å². The number of rotatable bonds is 6. The number of aromatic amines is 1. The van der Waals surface area contributed by atoms with E-state index in [1.54, 1.807) is 16.9 Å². The van der Waals surface area contributed by atoms with Crippen molar-refractivity contribution in [2.45, 2.75) is 26.2 Å². The number of nitrogens with zero attached hydrogens (tertiary/aromatic N) is 3. The lowest BCUT2D eigenvalue weighted by Gasteiger charge is -2.08. The molecule has 0 aliphatic rings. The van der Waals surface area contributed by atoms with Gasteiger partial charge >= 0.3 is 0 Å².